The fourth-order valence-electron chi connectivity index (χ4n) is 4.98. The third-order valence-corrected chi connectivity index (χ3v) is 10.7. The van der Waals surface area contributed by atoms with E-state index in [0.29, 0.717) is 0 Å². The molecule has 0 aliphatic carbocycles. The second-order valence-corrected chi connectivity index (χ2v) is 12.3. The number of likely N-dealkylation sites (N-methyl/N-ethyl adjacent to an activating group) is 1. The Bertz CT molecular complexity index is 1050. The summed E-state index contributed by atoms with van der Waals surface area (Å²) in [4.78, 5) is 4.80. The fraction of sp³-hybridized carbons (Fsp3) is 0.308. The van der Waals surface area contributed by atoms with E-state index in [9.17, 15) is 0 Å². The topological polar surface area (TPSA) is 30.0 Å². The standard InChI is InChI=1S/C26H30BrN4OP/c1-28-16-18-29(19-17-28)26(22-12-14-23(27)15-13-22)33(32)30(24-8-4-2-5-9-24)20-21-31(33)25-10-6-3-7-11-25/h2-15,26H,16-21H2,1H3. The van der Waals surface area contributed by atoms with Crippen LogP contribution in [-0.2, 0) is 4.57 Å². The first-order chi connectivity index (χ1) is 16.1. The number of benzene rings is 3. The van der Waals surface area contributed by atoms with Crippen LogP contribution in [0.1, 0.15) is 11.3 Å². The molecule has 0 saturated carbocycles. The van der Waals surface area contributed by atoms with Gasteiger partial charge in [0.05, 0.1) is 0 Å². The number of anilines is 2. The predicted molar refractivity (Wildman–Crippen MR) is 141 cm³/mol. The molecule has 0 radical (unpaired) electrons. The number of para-hydroxylation sites is 2. The number of hydrogen-bond donors (Lipinski definition) is 0. The molecule has 1 unspecified atom stereocenters. The van der Waals surface area contributed by atoms with Gasteiger partial charge in [0.15, 0.2) is 0 Å². The van der Waals surface area contributed by atoms with Crippen LogP contribution >= 0.6 is 23.4 Å². The van der Waals surface area contributed by atoms with Crippen LogP contribution in [0, 0.1) is 0 Å². The smallest absolute Gasteiger partial charge is 0.284 e. The maximum absolute atomic E-state index is 15.6. The van der Waals surface area contributed by atoms with Gasteiger partial charge in [-0.15, -0.1) is 0 Å². The van der Waals surface area contributed by atoms with E-state index in [-0.39, 0.29) is 5.78 Å². The van der Waals surface area contributed by atoms with E-state index >= 15 is 4.57 Å². The molecule has 172 valence electrons. The van der Waals surface area contributed by atoms with E-state index in [4.69, 9.17) is 0 Å². The van der Waals surface area contributed by atoms with Gasteiger partial charge in [0, 0.05) is 55.1 Å². The first-order valence-electron chi connectivity index (χ1n) is 11.5. The van der Waals surface area contributed by atoms with Gasteiger partial charge in [0.2, 0.25) is 0 Å². The monoisotopic (exact) mass is 524 g/mol. The molecule has 5 rings (SSSR count). The molecule has 7 heteroatoms. The molecule has 3 aromatic carbocycles. The van der Waals surface area contributed by atoms with Crippen molar-refractivity contribution in [3.8, 4) is 0 Å². The predicted octanol–water partition coefficient (Wildman–Crippen LogP) is 5.92. The summed E-state index contributed by atoms with van der Waals surface area (Å²) < 4.78 is 21.0. The summed E-state index contributed by atoms with van der Waals surface area (Å²) in [5.74, 6) is -0.220. The normalized spacial score (nSPS) is 20.2. The Morgan fingerprint density at radius 3 is 1.67 bits per heavy atom. The maximum atomic E-state index is 15.6. The molecule has 1 atom stereocenters. The van der Waals surface area contributed by atoms with Gasteiger partial charge in [-0.1, -0.05) is 64.5 Å². The number of halogens is 1. The van der Waals surface area contributed by atoms with Gasteiger partial charge in [-0.05, 0) is 49.0 Å². The van der Waals surface area contributed by atoms with Crippen molar-refractivity contribution in [2.24, 2.45) is 0 Å². The van der Waals surface area contributed by atoms with E-state index in [1.807, 2.05) is 36.4 Å². The summed E-state index contributed by atoms with van der Waals surface area (Å²) in [6, 6.07) is 28.9. The van der Waals surface area contributed by atoms with Crippen molar-refractivity contribution in [2.75, 3.05) is 55.7 Å². The van der Waals surface area contributed by atoms with Gasteiger partial charge in [0.25, 0.3) is 7.44 Å². The van der Waals surface area contributed by atoms with Gasteiger partial charge in [-0.25, -0.2) is 0 Å². The van der Waals surface area contributed by atoms with E-state index in [1.54, 1.807) is 0 Å². The molecule has 5 nitrogen and oxygen atoms in total. The number of piperazine rings is 1. The molecule has 0 aromatic heterocycles. The van der Waals surface area contributed by atoms with Crippen LogP contribution in [0.4, 0.5) is 11.4 Å². The lowest BCUT2D eigenvalue weighted by molar-refractivity contribution is 0.139. The van der Waals surface area contributed by atoms with Gasteiger partial charge in [-0.3, -0.25) is 9.46 Å². The van der Waals surface area contributed by atoms with Crippen molar-refractivity contribution >= 4 is 34.7 Å². The van der Waals surface area contributed by atoms with Gasteiger partial charge in [-0.2, -0.15) is 0 Å². The summed E-state index contributed by atoms with van der Waals surface area (Å²) in [7, 11) is -0.948. The zero-order valence-electron chi connectivity index (χ0n) is 18.9. The van der Waals surface area contributed by atoms with Gasteiger partial charge >= 0.3 is 0 Å². The molecule has 2 fully saturated rings. The Hall–Kier alpha value is -2.11. The van der Waals surface area contributed by atoms with Gasteiger partial charge < -0.3 is 14.2 Å². The Balaban J connectivity index is 1.67. The lowest BCUT2D eigenvalue weighted by atomic mass is 10.2. The Morgan fingerprint density at radius 2 is 1.18 bits per heavy atom. The maximum Gasteiger partial charge on any atom is 0.284 e. The molecule has 0 spiro atoms. The van der Waals surface area contributed by atoms with Crippen LogP contribution in [0.5, 0.6) is 0 Å². The molecular formula is C26H30BrN4OP. The lowest BCUT2D eigenvalue weighted by Crippen LogP contribution is -2.47. The first kappa shape index (κ1) is 22.7. The van der Waals surface area contributed by atoms with E-state index < -0.39 is 7.44 Å². The molecule has 2 aliphatic heterocycles. The van der Waals surface area contributed by atoms with Crippen LogP contribution < -0.4 is 9.34 Å². The molecule has 2 aliphatic rings. The second-order valence-electron chi connectivity index (χ2n) is 8.77. The highest BCUT2D eigenvalue weighted by atomic mass is 79.9. The zero-order valence-corrected chi connectivity index (χ0v) is 21.4. The molecule has 2 saturated heterocycles. The molecule has 2 heterocycles. The minimum atomic E-state index is -3.11. The number of hydrogen-bond acceptors (Lipinski definition) is 3. The van der Waals surface area contributed by atoms with Crippen molar-refractivity contribution in [1.29, 1.82) is 0 Å². The van der Waals surface area contributed by atoms with Crippen molar-refractivity contribution in [2.45, 2.75) is 5.78 Å². The summed E-state index contributed by atoms with van der Waals surface area (Å²) in [6.45, 7) is 5.21. The minimum absolute atomic E-state index is 0.220. The van der Waals surface area contributed by atoms with Crippen LogP contribution in [-0.4, -0.2) is 56.1 Å². The largest absolute Gasteiger partial charge is 0.304 e. The van der Waals surface area contributed by atoms with E-state index in [2.05, 4.69) is 90.6 Å². The SMILES string of the molecule is CN1CCN(C(c2ccc(Br)cc2)P2(=O)N(c3ccccc3)CCN2c2ccccc2)CC1. The summed E-state index contributed by atoms with van der Waals surface area (Å²) >= 11 is 3.58. The van der Waals surface area contributed by atoms with Crippen LogP contribution in [0.3, 0.4) is 0 Å². The summed E-state index contributed by atoms with van der Waals surface area (Å²) in [5, 5.41) is 0. The average molecular weight is 525 g/mol. The molecule has 3 aromatic rings. The fourth-order valence-corrected chi connectivity index (χ4v) is 8.93. The van der Waals surface area contributed by atoms with Crippen molar-refractivity contribution in [1.82, 2.24) is 9.80 Å². The highest BCUT2D eigenvalue weighted by Gasteiger charge is 2.52. The quantitative estimate of drug-likeness (QED) is 0.387. The van der Waals surface area contributed by atoms with Crippen LogP contribution in [0.15, 0.2) is 89.4 Å². The third-order valence-electron chi connectivity index (χ3n) is 6.69. The lowest BCUT2D eigenvalue weighted by Gasteiger charge is -2.45. The van der Waals surface area contributed by atoms with Crippen LogP contribution in [0.2, 0.25) is 0 Å². The Labute approximate surface area is 205 Å². The summed E-state index contributed by atoms with van der Waals surface area (Å²) in [5.41, 5.74) is 3.15. The van der Waals surface area contributed by atoms with Crippen LogP contribution in [0.25, 0.3) is 0 Å². The van der Waals surface area contributed by atoms with Gasteiger partial charge in [0.1, 0.15) is 5.78 Å². The van der Waals surface area contributed by atoms with Crippen molar-refractivity contribution in [3.05, 3.63) is 95.0 Å². The molecule has 33 heavy (non-hydrogen) atoms. The highest BCUT2D eigenvalue weighted by molar-refractivity contribution is 9.10. The molecule has 0 bridgehead atoms. The summed E-state index contributed by atoms with van der Waals surface area (Å²) in [6.07, 6.45) is 0. The molecule has 0 N–H and O–H groups in total. The number of rotatable bonds is 5. The molecular weight excluding hydrogens is 495 g/mol. The Morgan fingerprint density at radius 1 is 0.697 bits per heavy atom. The second kappa shape index (κ2) is 9.63. The number of nitrogens with zero attached hydrogens (tertiary/aromatic N) is 4. The minimum Gasteiger partial charge on any atom is -0.304 e. The molecule has 0 amide bonds. The Kier molecular flexibility index (Phi) is 6.62. The van der Waals surface area contributed by atoms with Crippen molar-refractivity contribution in [3.63, 3.8) is 0 Å². The van der Waals surface area contributed by atoms with Crippen molar-refractivity contribution < 1.29 is 4.57 Å². The third kappa shape index (κ3) is 4.38. The zero-order chi connectivity index (χ0) is 22.8. The average Bonchev–Trinajstić information content (AvgIpc) is 3.20. The van der Waals surface area contributed by atoms with E-state index in [1.165, 1.54) is 0 Å². The van der Waals surface area contributed by atoms with E-state index in [0.717, 1.165) is 60.7 Å². The first-order valence-corrected chi connectivity index (χ1v) is 14.0. The highest BCUT2D eigenvalue weighted by Crippen LogP contribution is 2.69.